The summed E-state index contributed by atoms with van der Waals surface area (Å²) in [4.78, 5) is 21.7. The van der Waals surface area contributed by atoms with Crippen LogP contribution in [-0.2, 0) is 0 Å². The van der Waals surface area contributed by atoms with Crippen molar-refractivity contribution in [3.8, 4) is 18.2 Å². The lowest BCUT2D eigenvalue weighted by Crippen LogP contribution is -2.16. The van der Waals surface area contributed by atoms with Crippen molar-refractivity contribution in [2.45, 2.75) is 39.0 Å². The van der Waals surface area contributed by atoms with Gasteiger partial charge in [0.25, 0.3) is 5.91 Å². The summed E-state index contributed by atoms with van der Waals surface area (Å²) in [6.45, 7) is 4.96. The largest absolute Gasteiger partial charge is 0.480 e. The molecule has 1 aromatic heterocycles. The molecule has 2 aromatic carbocycles. The van der Waals surface area contributed by atoms with E-state index in [2.05, 4.69) is 68.4 Å². The SMILES string of the molecule is C#Cc1cccc(Br)c1NC(=O)c1cnc(Nc2ccc(C(CCC)CCN)c(C)c2)nc1OC. The third-order valence-corrected chi connectivity index (χ3v) is 6.38. The molecule has 1 atom stereocenters. The minimum Gasteiger partial charge on any atom is -0.480 e. The molecule has 3 aromatic rings. The van der Waals surface area contributed by atoms with E-state index in [1.54, 1.807) is 18.2 Å². The fraction of sp³-hybridized carbons (Fsp3) is 0.296. The Labute approximate surface area is 215 Å². The number of nitrogens with one attached hydrogen (secondary N) is 2. The zero-order valence-corrected chi connectivity index (χ0v) is 21.8. The number of anilines is 3. The quantitative estimate of drug-likeness (QED) is 0.285. The zero-order valence-electron chi connectivity index (χ0n) is 20.2. The lowest BCUT2D eigenvalue weighted by atomic mass is 9.88. The number of halogens is 1. The number of benzene rings is 2. The molecule has 0 aliphatic carbocycles. The van der Waals surface area contributed by atoms with Gasteiger partial charge in [-0.3, -0.25) is 4.79 Å². The van der Waals surface area contributed by atoms with Gasteiger partial charge >= 0.3 is 0 Å². The maximum atomic E-state index is 12.9. The number of hydrogen-bond donors (Lipinski definition) is 3. The molecular formula is C27H30BrN5O2. The monoisotopic (exact) mass is 535 g/mol. The molecule has 0 radical (unpaired) electrons. The molecule has 35 heavy (non-hydrogen) atoms. The first-order valence-corrected chi connectivity index (χ1v) is 12.3. The first-order chi connectivity index (χ1) is 16.9. The van der Waals surface area contributed by atoms with E-state index in [0.29, 0.717) is 34.1 Å². The number of aromatic nitrogens is 2. The standard InChI is InChI=1S/C27H30BrN5O2/c1-5-8-19(13-14-29)21-12-11-20(15-17(21)3)31-27-30-16-22(26(33-27)35-4)25(34)32-24-18(6-2)9-7-10-23(24)28/h2,7,9-12,15-16,19H,5,8,13-14,29H2,1,3-4H3,(H,32,34)(H,30,31,33). The van der Waals surface area contributed by atoms with Crippen LogP contribution in [0, 0.1) is 19.3 Å². The molecule has 0 saturated heterocycles. The summed E-state index contributed by atoms with van der Waals surface area (Å²) in [5.41, 5.74) is 10.4. The molecule has 3 rings (SSSR count). The average molecular weight is 536 g/mol. The molecule has 1 amide bonds. The van der Waals surface area contributed by atoms with Crippen molar-refractivity contribution in [2.75, 3.05) is 24.3 Å². The van der Waals surface area contributed by atoms with Crippen molar-refractivity contribution in [3.05, 3.63) is 69.3 Å². The first kappa shape index (κ1) is 26.2. The Hall–Kier alpha value is -3.41. The number of carbonyl (C=O) groups excluding carboxylic acids is 1. The number of nitrogens with zero attached hydrogens (tertiary/aromatic N) is 2. The summed E-state index contributed by atoms with van der Waals surface area (Å²) in [6.07, 6.45) is 10.2. The van der Waals surface area contributed by atoms with Gasteiger partial charge in [-0.1, -0.05) is 31.4 Å². The number of carbonyl (C=O) groups is 1. The van der Waals surface area contributed by atoms with E-state index in [1.165, 1.54) is 24.4 Å². The molecule has 7 nitrogen and oxygen atoms in total. The number of methoxy groups -OCH3 is 1. The van der Waals surface area contributed by atoms with Gasteiger partial charge in [-0.25, -0.2) is 4.98 Å². The van der Waals surface area contributed by atoms with Crippen LogP contribution >= 0.6 is 15.9 Å². The number of para-hydroxylation sites is 1. The number of amides is 1. The number of rotatable bonds is 10. The van der Waals surface area contributed by atoms with Crippen LogP contribution in [-0.4, -0.2) is 29.5 Å². The average Bonchev–Trinajstić information content (AvgIpc) is 2.85. The fourth-order valence-electron chi connectivity index (χ4n) is 4.04. The number of nitrogens with two attached hydrogens (primary N) is 1. The van der Waals surface area contributed by atoms with E-state index < -0.39 is 5.91 Å². The van der Waals surface area contributed by atoms with Crippen LogP contribution in [0.25, 0.3) is 0 Å². The first-order valence-electron chi connectivity index (χ1n) is 11.5. The molecule has 8 heteroatoms. The predicted octanol–water partition coefficient (Wildman–Crippen LogP) is 5.77. The second-order valence-electron chi connectivity index (χ2n) is 8.14. The van der Waals surface area contributed by atoms with Gasteiger partial charge in [0.05, 0.1) is 12.8 Å². The Morgan fingerprint density at radius 2 is 2.09 bits per heavy atom. The van der Waals surface area contributed by atoms with Crippen LogP contribution in [0.4, 0.5) is 17.3 Å². The number of aryl methyl sites for hydroxylation is 1. The van der Waals surface area contributed by atoms with Crippen molar-refractivity contribution in [2.24, 2.45) is 5.73 Å². The highest BCUT2D eigenvalue weighted by Crippen LogP contribution is 2.30. The summed E-state index contributed by atoms with van der Waals surface area (Å²) in [5.74, 6) is 3.05. The van der Waals surface area contributed by atoms with Gasteiger partial charge in [-0.05, 0) is 83.6 Å². The summed E-state index contributed by atoms with van der Waals surface area (Å²) >= 11 is 3.42. The normalized spacial score (nSPS) is 11.4. The highest BCUT2D eigenvalue weighted by molar-refractivity contribution is 9.10. The van der Waals surface area contributed by atoms with Gasteiger partial charge in [0.1, 0.15) is 5.56 Å². The van der Waals surface area contributed by atoms with Crippen LogP contribution < -0.4 is 21.1 Å². The van der Waals surface area contributed by atoms with E-state index in [9.17, 15) is 4.79 Å². The summed E-state index contributed by atoms with van der Waals surface area (Å²) < 4.78 is 6.05. The van der Waals surface area contributed by atoms with Gasteiger partial charge in [0.2, 0.25) is 11.8 Å². The highest BCUT2D eigenvalue weighted by atomic mass is 79.9. The second-order valence-corrected chi connectivity index (χ2v) is 8.99. The van der Waals surface area contributed by atoms with Crippen LogP contribution in [0.1, 0.15) is 59.2 Å². The Morgan fingerprint density at radius 3 is 2.74 bits per heavy atom. The summed E-state index contributed by atoms with van der Waals surface area (Å²) in [7, 11) is 1.46. The number of hydrogen-bond acceptors (Lipinski definition) is 6. The smallest absolute Gasteiger partial charge is 0.262 e. The molecule has 0 saturated carbocycles. The van der Waals surface area contributed by atoms with Gasteiger partial charge in [-0.15, -0.1) is 6.42 Å². The van der Waals surface area contributed by atoms with E-state index in [0.717, 1.165) is 24.9 Å². The lowest BCUT2D eigenvalue weighted by molar-refractivity contribution is 0.102. The molecule has 1 unspecified atom stereocenters. The minimum absolute atomic E-state index is 0.147. The Morgan fingerprint density at radius 1 is 1.29 bits per heavy atom. The fourth-order valence-corrected chi connectivity index (χ4v) is 4.50. The van der Waals surface area contributed by atoms with Gasteiger partial charge in [-0.2, -0.15) is 4.98 Å². The van der Waals surface area contributed by atoms with Gasteiger partial charge in [0, 0.05) is 21.9 Å². The number of terminal acetylenes is 1. The van der Waals surface area contributed by atoms with Gasteiger partial charge < -0.3 is 21.1 Å². The molecule has 0 aliphatic heterocycles. The summed E-state index contributed by atoms with van der Waals surface area (Å²) in [6, 6.07) is 11.5. The predicted molar refractivity (Wildman–Crippen MR) is 144 cm³/mol. The molecule has 0 fully saturated rings. The molecule has 0 aliphatic rings. The topological polar surface area (TPSA) is 102 Å². The number of ether oxygens (including phenoxy) is 1. The Balaban J connectivity index is 1.81. The van der Waals surface area contributed by atoms with Crippen LogP contribution in [0.15, 0.2) is 47.1 Å². The molecular weight excluding hydrogens is 506 g/mol. The molecule has 0 spiro atoms. The van der Waals surface area contributed by atoms with E-state index in [4.69, 9.17) is 16.9 Å². The van der Waals surface area contributed by atoms with Crippen molar-refractivity contribution >= 4 is 39.2 Å². The Bertz CT molecular complexity index is 1230. The maximum absolute atomic E-state index is 12.9. The van der Waals surface area contributed by atoms with Crippen molar-refractivity contribution in [1.29, 1.82) is 0 Å². The van der Waals surface area contributed by atoms with Crippen LogP contribution in [0.5, 0.6) is 5.88 Å². The lowest BCUT2D eigenvalue weighted by Gasteiger charge is -2.19. The molecule has 182 valence electrons. The highest BCUT2D eigenvalue weighted by Gasteiger charge is 2.19. The Kier molecular flexibility index (Phi) is 9.24. The maximum Gasteiger partial charge on any atom is 0.262 e. The summed E-state index contributed by atoms with van der Waals surface area (Å²) in [5, 5.41) is 6.02. The van der Waals surface area contributed by atoms with Crippen LogP contribution in [0.3, 0.4) is 0 Å². The van der Waals surface area contributed by atoms with Gasteiger partial charge in [0.15, 0.2) is 0 Å². The van der Waals surface area contributed by atoms with Crippen molar-refractivity contribution in [1.82, 2.24) is 9.97 Å². The van der Waals surface area contributed by atoms with E-state index >= 15 is 0 Å². The van der Waals surface area contributed by atoms with E-state index in [-0.39, 0.29) is 11.4 Å². The van der Waals surface area contributed by atoms with Crippen molar-refractivity contribution in [3.63, 3.8) is 0 Å². The van der Waals surface area contributed by atoms with Crippen LogP contribution in [0.2, 0.25) is 0 Å². The zero-order chi connectivity index (χ0) is 25.4. The molecule has 4 N–H and O–H groups in total. The molecule has 1 heterocycles. The third kappa shape index (κ3) is 6.38. The molecule has 0 bridgehead atoms. The minimum atomic E-state index is -0.432. The second kappa shape index (κ2) is 12.3. The third-order valence-electron chi connectivity index (χ3n) is 5.72. The van der Waals surface area contributed by atoms with E-state index in [1.807, 2.05) is 6.07 Å². The van der Waals surface area contributed by atoms with Crippen molar-refractivity contribution < 1.29 is 9.53 Å².